The summed E-state index contributed by atoms with van der Waals surface area (Å²) in [5.74, 6) is -1.37. The third-order valence-corrected chi connectivity index (χ3v) is 4.19. The first kappa shape index (κ1) is 17.3. The Morgan fingerprint density at radius 1 is 1.24 bits per heavy atom. The summed E-state index contributed by atoms with van der Waals surface area (Å²) in [4.78, 5) is 23.0. The highest BCUT2D eigenvalue weighted by molar-refractivity contribution is 5.92. The zero-order valence-corrected chi connectivity index (χ0v) is 14.2. The van der Waals surface area contributed by atoms with Gasteiger partial charge in [-0.25, -0.2) is 18.7 Å². The standard InChI is InChI=1S/C18H20F2N4O/c1-11-4-3-7-24(10-11)17(25)16-8-12(2)21-18(23-16)22-13-5-6-14(19)15(20)9-13/h5-6,8-9,11H,3-4,7,10H2,1-2H3,(H,21,22,23). The molecule has 1 aliphatic rings. The number of piperidine rings is 1. The molecule has 0 radical (unpaired) electrons. The molecule has 0 saturated carbocycles. The van der Waals surface area contributed by atoms with E-state index in [1.165, 1.54) is 6.07 Å². The second kappa shape index (κ2) is 7.13. The van der Waals surface area contributed by atoms with Crippen molar-refractivity contribution in [2.24, 2.45) is 5.92 Å². The van der Waals surface area contributed by atoms with Crippen LogP contribution in [0.2, 0.25) is 0 Å². The molecular weight excluding hydrogens is 326 g/mol. The lowest BCUT2D eigenvalue weighted by molar-refractivity contribution is 0.0677. The minimum Gasteiger partial charge on any atom is -0.337 e. The minimum absolute atomic E-state index is 0.134. The average molecular weight is 346 g/mol. The van der Waals surface area contributed by atoms with Gasteiger partial charge in [0.05, 0.1) is 0 Å². The van der Waals surface area contributed by atoms with Crippen molar-refractivity contribution in [3.63, 3.8) is 0 Å². The van der Waals surface area contributed by atoms with Crippen LogP contribution in [0.4, 0.5) is 20.4 Å². The first-order valence-electron chi connectivity index (χ1n) is 8.29. The van der Waals surface area contributed by atoms with Crippen LogP contribution in [0, 0.1) is 24.5 Å². The molecule has 1 aromatic carbocycles. The van der Waals surface area contributed by atoms with Gasteiger partial charge in [0.2, 0.25) is 5.95 Å². The van der Waals surface area contributed by atoms with E-state index in [9.17, 15) is 13.6 Å². The van der Waals surface area contributed by atoms with Gasteiger partial charge in [0.1, 0.15) is 5.69 Å². The lowest BCUT2D eigenvalue weighted by Crippen LogP contribution is -2.39. The van der Waals surface area contributed by atoms with E-state index in [0.29, 0.717) is 29.5 Å². The molecule has 1 aromatic heterocycles. The first-order valence-corrected chi connectivity index (χ1v) is 8.29. The zero-order chi connectivity index (χ0) is 18.0. The summed E-state index contributed by atoms with van der Waals surface area (Å²) in [6, 6.07) is 5.07. The second-order valence-electron chi connectivity index (χ2n) is 6.47. The quantitative estimate of drug-likeness (QED) is 0.921. The molecule has 2 heterocycles. The number of halogens is 2. The van der Waals surface area contributed by atoms with Gasteiger partial charge in [-0.15, -0.1) is 0 Å². The van der Waals surface area contributed by atoms with Gasteiger partial charge in [-0.1, -0.05) is 6.92 Å². The van der Waals surface area contributed by atoms with E-state index in [1.807, 2.05) is 0 Å². The Morgan fingerprint density at radius 3 is 2.76 bits per heavy atom. The SMILES string of the molecule is Cc1cc(C(=O)N2CCCC(C)C2)nc(Nc2ccc(F)c(F)c2)n1. The van der Waals surface area contributed by atoms with Crippen LogP contribution in [0.25, 0.3) is 0 Å². The molecule has 1 fully saturated rings. The van der Waals surface area contributed by atoms with E-state index in [2.05, 4.69) is 22.2 Å². The topological polar surface area (TPSA) is 58.1 Å². The molecule has 3 rings (SSSR count). The smallest absolute Gasteiger partial charge is 0.272 e. The predicted molar refractivity (Wildman–Crippen MR) is 90.7 cm³/mol. The summed E-state index contributed by atoms with van der Waals surface area (Å²) < 4.78 is 26.4. The number of anilines is 2. The summed E-state index contributed by atoms with van der Waals surface area (Å²) in [5.41, 5.74) is 1.23. The Morgan fingerprint density at radius 2 is 2.04 bits per heavy atom. The molecule has 0 spiro atoms. The monoisotopic (exact) mass is 346 g/mol. The van der Waals surface area contributed by atoms with Crippen LogP contribution in [0.1, 0.15) is 35.9 Å². The van der Waals surface area contributed by atoms with Crippen molar-refractivity contribution in [1.29, 1.82) is 0 Å². The number of nitrogens with zero attached hydrogens (tertiary/aromatic N) is 3. The molecular formula is C18H20F2N4O. The molecule has 1 N–H and O–H groups in total. The first-order chi connectivity index (χ1) is 11.9. The summed E-state index contributed by atoms with van der Waals surface area (Å²) in [6.45, 7) is 5.32. The number of aryl methyl sites for hydroxylation is 1. The highest BCUT2D eigenvalue weighted by Gasteiger charge is 2.23. The molecule has 1 amide bonds. The molecule has 0 bridgehead atoms. The molecule has 7 heteroatoms. The van der Waals surface area contributed by atoms with Crippen molar-refractivity contribution < 1.29 is 13.6 Å². The van der Waals surface area contributed by atoms with E-state index in [-0.39, 0.29) is 11.9 Å². The summed E-state index contributed by atoms with van der Waals surface area (Å²) >= 11 is 0. The fourth-order valence-corrected chi connectivity index (χ4v) is 2.97. The van der Waals surface area contributed by atoms with E-state index < -0.39 is 11.6 Å². The van der Waals surface area contributed by atoms with Gasteiger partial charge in [0, 0.05) is 30.5 Å². The number of carbonyl (C=O) groups excluding carboxylic acids is 1. The number of aromatic nitrogens is 2. The minimum atomic E-state index is -0.962. The molecule has 1 saturated heterocycles. The van der Waals surface area contributed by atoms with E-state index in [1.54, 1.807) is 17.9 Å². The maximum atomic E-state index is 13.3. The van der Waals surface area contributed by atoms with Crippen LogP contribution in [0.3, 0.4) is 0 Å². The lowest BCUT2D eigenvalue weighted by atomic mass is 10.00. The second-order valence-corrected chi connectivity index (χ2v) is 6.47. The Kier molecular flexibility index (Phi) is 4.92. The number of hydrogen-bond donors (Lipinski definition) is 1. The maximum Gasteiger partial charge on any atom is 0.272 e. The van der Waals surface area contributed by atoms with Gasteiger partial charge in [-0.2, -0.15) is 0 Å². The van der Waals surface area contributed by atoms with Crippen LogP contribution < -0.4 is 5.32 Å². The molecule has 1 unspecified atom stereocenters. The van der Waals surface area contributed by atoms with Crippen molar-refractivity contribution in [1.82, 2.24) is 14.9 Å². The number of likely N-dealkylation sites (tertiary alicyclic amines) is 1. The average Bonchev–Trinajstić information content (AvgIpc) is 2.57. The molecule has 2 aromatic rings. The van der Waals surface area contributed by atoms with Crippen molar-refractivity contribution >= 4 is 17.5 Å². The Bertz CT molecular complexity index is 797. The molecule has 1 aliphatic heterocycles. The van der Waals surface area contributed by atoms with Gasteiger partial charge in [-0.3, -0.25) is 4.79 Å². The summed E-state index contributed by atoms with van der Waals surface area (Å²) in [5, 5.41) is 2.82. The van der Waals surface area contributed by atoms with Gasteiger partial charge in [-0.05, 0) is 43.9 Å². The Hall–Kier alpha value is -2.57. The highest BCUT2D eigenvalue weighted by Crippen LogP contribution is 2.20. The number of amides is 1. The van der Waals surface area contributed by atoms with Gasteiger partial charge < -0.3 is 10.2 Å². The van der Waals surface area contributed by atoms with Crippen molar-refractivity contribution in [2.45, 2.75) is 26.7 Å². The Balaban J connectivity index is 1.82. The third kappa shape index (κ3) is 4.10. The number of hydrogen-bond acceptors (Lipinski definition) is 4. The number of benzene rings is 1. The van der Waals surface area contributed by atoms with E-state index in [0.717, 1.165) is 31.5 Å². The maximum absolute atomic E-state index is 13.3. The molecule has 132 valence electrons. The van der Waals surface area contributed by atoms with Crippen molar-refractivity contribution in [3.05, 3.63) is 47.3 Å². The zero-order valence-electron chi connectivity index (χ0n) is 14.2. The molecule has 0 aliphatic carbocycles. The summed E-state index contributed by atoms with van der Waals surface area (Å²) in [6.07, 6.45) is 2.10. The van der Waals surface area contributed by atoms with Gasteiger partial charge in [0.15, 0.2) is 11.6 Å². The molecule has 5 nitrogen and oxygen atoms in total. The molecule has 25 heavy (non-hydrogen) atoms. The van der Waals surface area contributed by atoms with Crippen molar-refractivity contribution in [2.75, 3.05) is 18.4 Å². The van der Waals surface area contributed by atoms with Crippen LogP contribution >= 0.6 is 0 Å². The van der Waals surface area contributed by atoms with Crippen LogP contribution in [0.15, 0.2) is 24.3 Å². The van der Waals surface area contributed by atoms with Crippen LogP contribution in [0.5, 0.6) is 0 Å². The third-order valence-electron chi connectivity index (χ3n) is 4.19. The highest BCUT2D eigenvalue weighted by atomic mass is 19.2. The number of rotatable bonds is 3. The lowest BCUT2D eigenvalue weighted by Gasteiger charge is -2.30. The fourth-order valence-electron chi connectivity index (χ4n) is 2.97. The van der Waals surface area contributed by atoms with Crippen LogP contribution in [-0.2, 0) is 0 Å². The summed E-state index contributed by atoms with van der Waals surface area (Å²) in [7, 11) is 0. The van der Waals surface area contributed by atoms with Gasteiger partial charge >= 0.3 is 0 Å². The number of carbonyl (C=O) groups is 1. The predicted octanol–water partition coefficient (Wildman–Crippen LogP) is 3.68. The normalized spacial score (nSPS) is 17.4. The number of nitrogens with one attached hydrogen (secondary N) is 1. The fraction of sp³-hybridized carbons (Fsp3) is 0.389. The van der Waals surface area contributed by atoms with Gasteiger partial charge in [0.25, 0.3) is 5.91 Å². The Labute approximate surface area is 145 Å². The van der Waals surface area contributed by atoms with Crippen molar-refractivity contribution in [3.8, 4) is 0 Å². The molecule has 1 atom stereocenters. The van der Waals surface area contributed by atoms with Crippen LogP contribution in [-0.4, -0.2) is 33.9 Å². The largest absolute Gasteiger partial charge is 0.337 e. The van der Waals surface area contributed by atoms with E-state index in [4.69, 9.17) is 0 Å². The van der Waals surface area contributed by atoms with E-state index >= 15 is 0 Å².